The number of carbonyl (C=O) groups excluding carboxylic acids is 2. The van der Waals surface area contributed by atoms with Gasteiger partial charge in [-0.05, 0) is 68.2 Å². The highest BCUT2D eigenvalue weighted by Crippen LogP contribution is 2.42. The Morgan fingerprint density at radius 1 is 1.11 bits per heavy atom. The van der Waals surface area contributed by atoms with Gasteiger partial charge in [-0.1, -0.05) is 51.1 Å². The third-order valence-corrected chi connectivity index (χ3v) is 13.0. The van der Waals surface area contributed by atoms with Crippen LogP contribution in [0.25, 0.3) is 10.9 Å². The number of amides is 2. The van der Waals surface area contributed by atoms with Crippen molar-refractivity contribution < 1.29 is 33.0 Å². The van der Waals surface area contributed by atoms with Crippen molar-refractivity contribution in [1.29, 1.82) is 0 Å². The van der Waals surface area contributed by atoms with Crippen molar-refractivity contribution in [2.45, 2.75) is 96.1 Å². The van der Waals surface area contributed by atoms with E-state index in [9.17, 15) is 19.1 Å². The Balaban J connectivity index is 1.70. The van der Waals surface area contributed by atoms with Crippen LogP contribution in [0.1, 0.15) is 58.6 Å². The zero-order valence-electron chi connectivity index (χ0n) is 26.9. The number of hydrogen-bond acceptors (Lipinski definition) is 6. The molecular formula is C33H46FN3O6Si. The van der Waals surface area contributed by atoms with Crippen LogP contribution in [0.2, 0.25) is 18.1 Å². The van der Waals surface area contributed by atoms with Gasteiger partial charge in [-0.15, -0.1) is 0 Å². The number of likely N-dealkylation sites (tertiary alicyclic amines) is 1. The van der Waals surface area contributed by atoms with E-state index in [1.165, 1.54) is 17.0 Å². The summed E-state index contributed by atoms with van der Waals surface area (Å²) in [6, 6.07) is 12.9. The fraction of sp³-hybridized carbons (Fsp3) is 0.515. The molecule has 2 amide bonds. The summed E-state index contributed by atoms with van der Waals surface area (Å²) < 4.78 is 32.0. The fourth-order valence-electron chi connectivity index (χ4n) is 5.27. The predicted octanol–water partition coefficient (Wildman–Crippen LogP) is 6.69. The van der Waals surface area contributed by atoms with Crippen LogP contribution in [-0.4, -0.2) is 72.4 Å². The average molecular weight is 628 g/mol. The minimum atomic E-state index is -2.36. The van der Waals surface area contributed by atoms with E-state index in [2.05, 4.69) is 44.2 Å². The molecule has 1 fully saturated rings. The van der Waals surface area contributed by atoms with E-state index >= 15 is 0 Å². The Labute approximate surface area is 260 Å². The smallest absolute Gasteiger partial charge is 0.410 e. The molecule has 1 aromatic heterocycles. The summed E-state index contributed by atoms with van der Waals surface area (Å²) in [4.78, 5) is 31.2. The van der Waals surface area contributed by atoms with Crippen molar-refractivity contribution in [2.75, 3.05) is 13.1 Å². The third-order valence-electron chi connectivity index (χ3n) is 8.51. The molecule has 0 bridgehead atoms. The van der Waals surface area contributed by atoms with E-state index < -0.39 is 56.1 Å². The summed E-state index contributed by atoms with van der Waals surface area (Å²) in [6.07, 6.45) is -1.29. The highest BCUT2D eigenvalue weighted by molar-refractivity contribution is 6.74. The first-order chi connectivity index (χ1) is 20.5. The summed E-state index contributed by atoms with van der Waals surface area (Å²) in [6.45, 7) is 16.1. The van der Waals surface area contributed by atoms with Gasteiger partial charge in [0.05, 0.1) is 18.7 Å². The van der Waals surface area contributed by atoms with Crippen molar-refractivity contribution in [1.82, 2.24) is 15.2 Å². The highest BCUT2D eigenvalue weighted by atomic mass is 28.4. The number of H-pyrrole nitrogens is 1. The first kappa shape index (κ1) is 33.5. The summed E-state index contributed by atoms with van der Waals surface area (Å²) in [7, 11) is -2.36. The minimum absolute atomic E-state index is 0.0196. The number of rotatable bonds is 8. The number of aliphatic hydroxyl groups excluding tert-OH is 1. The molecule has 1 saturated heterocycles. The molecule has 0 aliphatic carbocycles. The molecule has 3 aromatic rings. The van der Waals surface area contributed by atoms with Gasteiger partial charge in [0.1, 0.15) is 24.1 Å². The first-order valence-electron chi connectivity index (χ1n) is 15.0. The number of hydrogen-bond donors (Lipinski definition) is 3. The second kappa shape index (κ2) is 12.9. The molecule has 4 rings (SSSR count). The normalized spacial score (nSPS) is 20.0. The number of alkyl carbamates (subject to hydrolysis) is 1. The van der Waals surface area contributed by atoms with Gasteiger partial charge in [0.15, 0.2) is 8.32 Å². The molecule has 44 heavy (non-hydrogen) atoms. The Morgan fingerprint density at radius 3 is 2.43 bits per heavy atom. The molecule has 0 saturated carbocycles. The summed E-state index contributed by atoms with van der Waals surface area (Å²) in [5.74, 6) is -1.03. The van der Waals surface area contributed by atoms with Crippen molar-refractivity contribution in [3.8, 4) is 0 Å². The van der Waals surface area contributed by atoms with Gasteiger partial charge < -0.3 is 29.3 Å². The van der Waals surface area contributed by atoms with Gasteiger partial charge in [-0.3, -0.25) is 4.90 Å². The van der Waals surface area contributed by atoms with E-state index in [1.54, 1.807) is 33.0 Å². The van der Waals surface area contributed by atoms with Crippen LogP contribution in [0.15, 0.2) is 54.7 Å². The number of aliphatic hydroxyl groups is 1. The van der Waals surface area contributed by atoms with Gasteiger partial charge in [-0.2, -0.15) is 0 Å². The second-order valence-corrected chi connectivity index (χ2v) is 18.8. The van der Waals surface area contributed by atoms with Crippen molar-refractivity contribution in [2.24, 2.45) is 0 Å². The van der Waals surface area contributed by atoms with E-state index in [1.807, 2.05) is 30.3 Å². The highest BCUT2D eigenvalue weighted by Gasteiger charge is 2.52. The number of carbonyl (C=O) groups is 2. The maximum Gasteiger partial charge on any atom is 0.410 e. The van der Waals surface area contributed by atoms with Crippen LogP contribution in [-0.2, 0) is 20.5 Å². The SMILES string of the molecule is CC(C)(C)OC(=O)N1C[C@@H](O[Si](C)(C)C(C)(C)C)[C@H](O)[C@H]1[C@H](CNC(=O)OCc1ccccc1)c1c[nH]c2cc(F)ccc12. The molecule has 4 atom stereocenters. The van der Waals surface area contributed by atoms with Gasteiger partial charge in [0, 0.05) is 29.6 Å². The maximum absolute atomic E-state index is 14.1. The van der Waals surface area contributed by atoms with Crippen LogP contribution in [0.5, 0.6) is 0 Å². The third kappa shape index (κ3) is 7.80. The molecule has 3 N–H and O–H groups in total. The number of nitrogens with one attached hydrogen (secondary N) is 2. The lowest BCUT2D eigenvalue weighted by Crippen LogP contribution is -2.49. The number of nitrogens with zero attached hydrogens (tertiary/aromatic N) is 1. The van der Waals surface area contributed by atoms with Gasteiger partial charge >= 0.3 is 12.2 Å². The molecule has 240 valence electrons. The van der Waals surface area contributed by atoms with Gasteiger partial charge in [0.25, 0.3) is 0 Å². The number of aromatic amines is 1. The Bertz CT molecular complexity index is 1450. The lowest BCUT2D eigenvalue weighted by molar-refractivity contribution is 0.00929. The standard InChI is InChI=1S/C33H46FN3O6Si/c1-32(2,3)42-31(40)37-19-27(43-44(7,8)33(4,5)6)29(38)28(37)25(24-17-35-26-16-22(34)14-15-23(24)26)18-36-30(39)41-20-21-12-10-9-11-13-21/h9-17,25,27-29,35,38H,18-20H2,1-8H3,(H,36,39)/t25-,27-,28-,29+/m1/s1. The zero-order valence-corrected chi connectivity index (χ0v) is 27.9. The Morgan fingerprint density at radius 2 is 1.80 bits per heavy atom. The lowest BCUT2D eigenvalue weighted by atomic mass is 9.87. The molecule has 11 heteroatoms. The Kier molecular flexibility index (Phi) is 9.82. The van der Waals surface area contributed by atoms with Crippen LogP contribution in [0.4, 0.5) is 14.0 Å². The molecule has 2 aromatic carbocycles. The zero-order chi connectivity index (χ0) is 32.4. The quantitative estimate of drug-likeness (QED) is 0.240. The number of aromatic nitrogens is 1. The lowest BCUT2D eigenvalue weighted by Gasteiger charge is -2.39. The van der Waals surface area contributed by atoms with E-state index in [0.717, 1.165) is 5.56 Å². The number of halogens is 1. The Hall–Kier alpha value is -3.41. The van der Waals surface area contributed by atoms with Crippen LogP contribution >= 0.6 is 0 Å². The van der Waals surface area contributed by atoms with Gasteiger partial charge in [-0.25, -0.2) is 14.0 Å². The molecule has 9 nitrogen and oxygen atoms in total. The first-order valence-corrected chi connectivity index (χ1v) is 17.9. The van der Waals surface area contributed by atoms with Crippen molar-refractivity contribution in [3.05, 3.63) is 71.7 Å². The topological polar surface area (TPSA) is 113 Å². The maximum atomic E-state index is 14.1. The number of ether oxygens (including phenoxy) is 2. The fourth-order valence-corrected chi connectivity index (χ4v) is 6.60. The second-order valence-electron chi connectivity index (χ2n) is 14.0. The molecule has 1 aliphatic heterocycles. The monoisotopic (exact) mass is 627 g/mol. The van der Waals surface area contributed by atoms with Crippen LogP contribution < -0.4 is 5.32 Å². The predicted molar refractivity (Wildman–Crippen MR) is 170 cm³/mol. The van der Waals surface area contributed by atoms with Crippen LogP contribution in [0.3, 0.4) is 0 Å². The number of fused-ring (bicyclic) bond motifs is 1. The van der Waals surface area contributed by atoms with Crippen molar-refractivity contribution >= 4 is 31.4 Å². The van der Waals surface area contributed by atoms with E-state index in [4.69, 9.17) is 13.9 Å². The molecule has 0 unspecified atom stereocenters. The number of benzene rings is 2. The van der Waals surface area contributed by atoms with E-state index in [-0.39, 0.29) is 24.7 Å². The molecule has 1 aliphatic rings. The van der Waals surface area contributed by atoms with Crippen LogP contribution in [0, 0.1) is 5.82 Å². The molecule has 0 spiro atoms. The minimum Gasteiger partial charge on any atom is -0.445 e. The summed E-state index contributed by atoms with van der Waals surface area (Å²) in [5, 5.41) is 15.3. The largest absolute Gasteiger partial charge is 0.445 e. The molecule has 0 radical (unpaired) electrons. The summed E-state index contributed by atoms with van der Waals surface area (Å²) >= 11 is 0. The van der Waals surface area contributed by atoms with E-state index in [0.29, 0.717) is 16.5 Å². The van der Waals surface area contributed by atoms with Gasteiger partial charge in [0.2, 0.25) is 0 Å². The molecule has 2 heterocycles. The molecular weight excluding hydrogens is 581 g/mol. The van der Waals surface area contributed by atoms with Crippen molar-refractivity contribution in [3.63, 3.8) is 0 Å². The average Bonchev–Trinajstić information content (AvgIpc) is 3.47. The summed E-state index contributed by atoms with van der Waals surface area (Å²) in [5.41, 5.74) is 1.32.